The second-order valence-electron chi connectivity index (χ2n) is 20.4. The predicted molar refractivity (Wildman–Crippen MR) is 227 cm³/mol. The van der Waals surface area contributed by atoms with Crippen LogP contribution in [0.15, 0.2) is 48.5 Å². The Balaban J connectivity index is 0.000000119. The van der Waals surface area contributed by atoms with Crippen molar-refractivity contribution in [3.05, 3.63) is 116 Å². The van der Waals surface area contributed by atoms with Gasteiger partial charge in [0.1, 0.15) is 11.6 Å². The number of aryl methyl sites for hydroxylation is 2. The van der Waals surface area contributed by atoms with Gasteiger partial charge in [-0.1, -0.05) is 12.1 Å². The van der Waals surface area contributed by atoms with Crippen LogP contribution in [0.25, 0.3) is 21.8 Å². The van der Waals surface area contributed by atoms with Gasteiger partial charge in [-0.2, -0.15) is 0 Å². The standard InChI is InChI=1S/2C25H23FN2O4/c2*26-12-8-13-15-10-25(31)18-7-11-1-2-17(30)22-19(11)24(25,4-5-27-18)23(32-22)21(15)28-6-3-16(29)14(9-12)20(13)28/h2*1-2,8-9,16,18,23,27,29-31H,3-7,10H2/t16-,18+,23-,24-,25+;16-,18-,23+,24+,25-/m01/s1. The number of nitrogens with one attached hydrogen (secondary N) is 2. The van der Waals surface area contributed by atoms with E-state index < -0.39 is 46.4 Å². The highest BCUT2D eigenvalue weighted by Gasteiger charge is 2.73. The number of phenols is 2. The molecule has 8 N–H and O–H groups in total. The third kappa shape index (κ3) is 3.90. The lowest BCUT2D eigenvalue weighted by molar-refractivity contribution is -0.135. The SMILES string of the molecule is Oc1ccc2c3c1O[C@H]1c4c(c5cc(F)cc6c5n4CC[C@@H]6O)C[C@@]4(O)[C@@H](C2)NCC[C@]314.Oc1ccc2c3c1O[C@H]1c4c(c5cc(F)cc6c5n4CC[C@H]6O)C[C@@]4(O)[C@@H](C2)NCC[C@]314. The number of rotatable bonds is 0. The Labute approximate surface area is 364 Å². The summed E-state index contributed by atoms with van der Waals surface area (Å²) in [5.41, 5.74) is 7.21. The van der Waals surface area contributed by atoms with Gasteiger partial charge in [0.2, 0.25) is 0 Å². The molecule has 10 atom stereocenters. The summed E-state index contributed by atoms with van der Waals surface area (Å²) in [5.74, 6) is 0.422. The summed E-state index contributed by atoms with van der Waals surface area (Å²) in [4.78, 5) is 0. The van der Waals surface area contributed by atoms with Crippen LogP contribution in [0, 0.1) is 11.6 Å². The molecule has 16 rings (SSSR count). The Hall–Kier alpha value is -5.22. The van der Waals surface area contributed by atoms with Crippen LogP contribution in [-0.4, -0.2) is 76.1 Å². The number of aliphatic hydroxyl groups excluding tert-OH is 2. The number of halogens is 2. The van der Waals surface area contributed by atoms with Gasteiger partial charge in [0, 0.05) is 71.0 Å². The van der Waals surface area contributed by atoms with Crippen molar-refractivity contribution in [2.24, 2.45) is 0 Å². The normalized spacial score (nSPS) is 35.4. The van der Waals surface area contributed by atoms with Crippen molar-refractivity contribution in [2.45, 2.75) is 123 Å². The molecule has 14 heteroatoms. The van der Waals surface area contributed by atoms with E-state index in [0.29, 0.717) is 87.1 Å². The Bertz CT molecular complexity index is 2970. The summed E-state index contributed by atoms with van der Waals surface area (Å²) in [6.07, 6.45) is 2.12. The number of phenolic OH excluding ortho intramolecular Hbond substituents is 2. The van der Waals surface area contributed by atoms with Crippen LogP contribution in [0.4, 0.5) is 8.78 Å². The zero-order valence-electron chi connectivity index (χ0n) is 34.7. The third-order valence-corrected chi connectivity index (χ3v) is 18.0. The first-order chi connectivity index (χ1) is 30.9. The molecule has 0 amide bonds. The van der Waals surface area contributed by atoms with E-state index in [1.54, 1.807) is 12.1 Å². The van der Waals surface area contributed by atoms with Crippen molar-refractivity contribution in [3.8, 4) is 23.0 Å². The number of hydrogen-bond donors (Lipinski definition) is 8. The molecular weight excluding hydrogens is 823 g/mol. The molecular formula is C50H46F2N4O8. The van der Waals surface area contributed by atoms with E-state index in [0.717, 1.165) is 79.7 Å². The molecule has 10 aliphatic rings. The van der Waals surface area contributed by atoms with E-state index in [1.807, 2.05) is 12.1 Å². The van der Waals surface area contributed by atoms with E-state index in [2.05, 4.69) is 19.8 Å². The highest BCUT2D eigenvalue weighted by Crippen LogP contribution is 2.70. The molecule has 0 radical (unpaired) electrons. The largest absolute Gasteiger partial charge is 0.504 e. The van der Waals surface area contributed by atoms with Gasteiger partial charge in [0.25, 0.3) is 0 Å². The van der Waals surface area contributed by atoms with E-state index in [9.17, 15) is 39.4 Å². The lowest BCUT2D eigenvalue weighted by Crippen LogP contribution is -2.73. The van der Waals surface area contributed by atoms with Crippen LogP contribution in [-0.2, 0) is 49.6 Å². The van der Waals surface area contributed by atoms with Gasteiger partial charge < -0.3 is 59.9 Å². The summed E-state index contributed by atoms with van der Waals surface area (Å²) >= 11 is 0. The quantitative estimate of drug-likeness (QED) is 0.104. The van der Waals surface area contributed by atoms with Crippen LogP contribution in [0.5, 0.6) is 23.0 Å². The number of aliphatic hydroxyl groups is 4. The van der Waals surface area contributed by atoms with Crippen molar-refractivity contribution < 1.29 is 48.9 Å². The van der Waals surface area contributed by atoms with Gasteiger partial charge in [0.05, 0.1) is 56.7 Å². The Kier molecular flexibility index (Phi) is 6.71. The monoisotopic (exact) mass is 868 g/mol. The molecule has 6 aliphatic heterocycles. The maximum Gasteiger partial charge on any atom is 0.166 e. The van der Waals surface area contributed by atoms with Gasteiger partial charge in [0.15, 0.2) is 35.2 Å². The molecule has 6 aromatic rings. The number of fused-ring (bicyclic) bond motifs is 8. The number of piperidine rings is 2. The molecule has 4 aliphatic carbocycles. The number of aromatic hydroxyl groups is 2. The van der Waals surface area contributed by atoms with Gasteiger partial charge in [-0.3, -0.25) is 0 Å². The van der Waals surface area contributed by atoms with E-state index in [4.69, 9.17) is 9.47 Å². The van der Waals surface area contributed by atoms with E-state index >= 15 is 0 Å². The summed E-state index contributed by atoms with van der Waals surface area (Å²) in [6, 6.07) is 12.9. The van der Waals surface area contributed by atoms with Gasteiger partial charge in [-0.15, -0.1) is 0 Å². The first-order valence-electron chi connectivity index (χ1n) is 22.9. The van der Waals surface area contributed by atoms with Crippen molar-refractivity contribution in [1.29, 1.82) is 0 Å². The van der Waals surface area contributed by atoms with Crippen LogP contribution in [0.1, 0.15) is 106 Å². The average Bonchev–Trinajstić information content (AvgIpc) is 3.97. The first-order valence-corrected chi connectivity index (χ1v) is 22.9. The average molecular weight is 869 g/mol. The Morgan fingerprint density at radius 1 is 0.625 bits per heavy atom. The lowest BCUT2D eigenvalue weighted by atomic mass is 9.49. The molecule has 2 fully saturated rings. The van der Waals surface area contributed by atoms with Crippen molar-refractivity contribution in [1.82, 2.24) is 19.8 Å². The van der Waals surface area contributed by atoms with E-state index in [-0.39, 0.29) is 35.2 Å². The van der Waals surface area contributed by atoms with Gasteiger partial charge in [-0.25, -0.2) is 8.78 Å². The summed E-state index contributed by atoms with van der Waals surface area (Å²) in [5, 5.41) is 76.1. The van der Waals surface area contributed by atoms with Crippen molar-refractivity contribution >= 4 is 21.8 Å². The Morgan fingerprint density at radius 2 is 1.06 bits per heavy atom. The lowest BCUT2D eigenvalue weighted by Gasteiger charge is -2.60. The molecule has 2 saturated heterocycles. The second kappa shape index (κ2) is 11.6. The molecule has 2 aromatic heterocycles. The minimum atomic E-state index is -1.12. The third-order valence-electron chi connectivity index (χ3n) is 18.0. The number of nitrogens with zero attached hydrogens (tertiary/aromatic N) is 2. The predicted octanol–water partition coefficient (Wildman–Crippen LogP) is 5.00. The molecule has 64 heavy (non-hydrogen) atoms. The summed E-state index contributed by atoms with van der Waals surface area (Å²) in [7, 11) is 0. The zero-order chi connectivity index (χ0) is 43.1. The molecule has 328 valence electrons. The minimum Gasteiger partial charge on any atom is -0.504 e. The number of benzene rings is 4. The molecule has 4 aromatic carbocycles. The second-order valence-corrected chi connectivity index (χ2v) is 20.4. The fourth-order valence-corrected chi connectivity index (χ4v) is 15.7. The van der Waals surface area contributed by atoms with Crippen LogP contribution < -0.4 is 20.1 Å². The van der Waals surface area contributed by atoms with E-state index in [1.165, 1.54) is 24.3 Å². The molecule has 8 heterocycles. The van der Waals surface area contributed by atoms with Crippen molar-refractivity contribution in [3.63, 3.8) is 0 Å². The maximum absolute atomic E-state index is 14.7. The smallest absolute Gasteiger partial charge is 0.166 e. The number of hydrogen-bond acceptors (Lipinski definition) is 10. The van der Waals surface area contributed by atoms with Gasteiger partial charge >= 0.3 is 0 Å². The summed E-state index contributed by atoms with van der Waals surface area (Å²) < 4.78 is 46.8. The van der Waals surface area contributed by atoms with Crippen LogP contribution >= 0.6 is 0 Å². The van der Waals surface area contributed by atoms with Gasteiger partial charge in [-0.05, 0) is 110 Å². The summed E-state index contributed by atoms with van der Waals surface area (Å²) in [6.45, 7) is 2.73. The molecule has 12 nitrogen and oxygen atoms in total. The maximum atomic E-state index is 14.7. The first kappa shape index (κ1) is 37.0. The molecule has 4 bridgehead atoms. The fraction of sp³-hybridized carbons (Fsp3) is 0.440. The van der Waals surface area contributed by atoms with Crippen LogP contribution in [0.3, 0.4) is 0 Å². The molecule has 2 spiro atoms. The number of ether oxygens (including phenoxy) is 2. The van der Waals surface area contributed by atoms with Crippen LogP contribution in [0.2, 0.25) is 0 Å². The Morgan fingerprint density at radius 3 is 1.50 bits per heavy atom. The minimum absolute atomic E-state index is 0.102. The zero-order valence-corrected chi connectivity index (χ0v) is 34.7. The van der Waals surface area contributed by atoms with Crippen molar-refractivity contribution in [2.75, 3.05) is 13.1 Å². The molecule has 0 saturated carbocycles. The topological polar surface area (TPSA) is 174 Å². The fourth-order valence-electron chi connectivity index (χ4n) is 15.7. The highest BCUT2D eigenvalue weighted by atomic mass is 19.1. The highest BCUT2D eigenvalue weighted by molar-refractivity contribution is 5.92. The number of aromatic nitrogens is 2. The molecule has 0 unspecified atom stereocenters.